The normalized spacial score (nSPS) is 11.6. The van der Waals surface area contributed by atoms with Crippen LogP contribution in [0.3, 0.4) is 0 Å². The first-order chi connectivity index (χ1) is 9.27. The first kappa shape index (κ1) is 15.5. The lowest BCUT2D eigenvalue weighted by Gasteiger charge is -2.07. The molecule has 0 aliphatic carbocycles. The van der Waals surface area contributed by atoms with Gasteiger partial charge in [-0.25, -0.2) is 13.6 Å². The molecule has 0 aromatic heterocycles. The predicted octanol–water partition coefficient (Wildman–Crippen LogP) is 3.37. The average Bonchev–Trinajstić information content (AvgIpc) is 2.32. The monoisotopic (exact) mass is 348 g/mol. The van der Waals surface area contributed by atoms with Crippen LogP contribution < -0.4 is 10.9 Å². The summed E-state index contributed by atoms with van der Waals surface area (Å²) < 4.78 is 22.5. The number of primary sulfonamides is 1. The van der Waals surface area contributed by atoms with E-state index < -0.39 is 10.0 Å². The third-order valence-electron chi connectivity index (χ3n) is 2.41. The highest BCUT2D eigenvalue weighted by Gasteiger charge is 2.12. The molecular weight excluding hydrogens is 339 g/mol. The summed E-state index contributed by atoms with van der Waals surface area (Å²) in [6, 6.07) is 9.77. The minimum atomic E-state index is -3.81. The molecule has 4 nitrogen and oxygen atoms in total. The smallest absolute Gasteiger partial charge is 0.240 e. The fourth-order valence-electron chi connectivity index (χ4n) is 1.53. The summed E-state index contributed by atoms with van der Waals surface area (Å²) in [6.45, 7) is 0. The molecule has 106 valence electrons. The fraction of sp³-hybridized carbons (Fsp3) is 0. The number of nitrogens with two attached hydrogens (primary N) is 2. The first-order valence-corrected chi connectivity index (χ1v) is 8.44. The van der Waals surface area contributed by atoms with Crippen molar-refractivity contribution in [2.75, 3.05) is 5.73 Å². The van der Waals surface area contributed by atoms with Crippen molar-refractivity contribution in [3.63, 3.8) is 0 Å². The highest BCUT2D eigenvalue weighted by Crippen LogP contribution is 2.34. The van der Waals surface area contributed by atoms with Gasteiger partial charge >= 0.3 is 0 Å². The number of halogens is 2. The fourth-order valence-corrected chi connectivity index (χ4v) is 3.44. The number of hydrogen-bond donors (Lipinski definition) is 2. The zero-order valence-corrected chi connectivity index (χ0v) is 13.2. The molecular formula is C12H10Cl2N2O2S2. The van der Waals surface area contributed by atoms with Crippen molar-refractivity contribution in [3.8, 4) is 0 Å². The van der Waals surface area contributed by atoms with Crippen LogP contribution in [-0.2, 0) is 10.0 Å². The summed E-state index contributed by atoms with van der Waals surface area (Å²) in [5.74, 6) is 0. The number of hydrogen-bond acceptors (Lipinski definition) is 4. The van der Waals surface area contributed by atoms with Gasteiger partial charge < -0.3 is 5.73 Å². The van der Waals surface area contributed by atoms with Crippen LogP contribution in [0.15, 0.2) is 51.1 Å². The Hall–Kier alpha value is -0.920. The Labute approximate surface area is 131 Å². The van der Waals surface area contributed by atoms with Crippen LogP contribution in [0.5, 0.6) is 0 Å². The molecule has 0 saturated carbocycles. The zero-order valence-electron chi connectivity index (χ0n) is 10.0. The Morgan fingerprint density at radius 3 is 2.10 bits per heavy atom. The van der Waals surface area contributed by atoms with Crippen molar-refractivity contribution in [2.24, 2.45) is 5.14 Å². The van der Waals surface area contributed by atoms with Gasteiger partial charge in [-0.15, -0.1) is 0 Å². The molecule has 0 bridgehead atoms. The third-order valence-corrected chi connectivity index (χ3v) is 5.12. The molecule has 0 fully saturated rings. The summed E-state index contributed by atoms with van der Waals surface area (Å²) in [5.41, 5.74) is 5.80. The van der Waals surface area contributed by atoms with E-state index in [0.29, 0.717) is 10.0 Å². The van der Waals surface area contributed by atoms with Crippen LogP contribution in [-0.4, -0.2) is 8.42 Å². The van der Waals surface area contributed by atoms with Crippen molar-refractivity contribution in [1.82, 2.24) is 0 Å². The SMILES string of the molecule is Nc1cc(Sc2ccc(Cl)c(Cl)c2)ccc1S(N)(=O)=O. The quantitative estimate of drug-likeness (QED) is 0.832. The number of sulfonamides is 1. The van der Waals surface area contributed by atoms with Crippen molar-refractivity contribution < 1.29 is 8.42 Å². The van der Waals surface area contributed by atoms with E-state index in [2.05, 4.69) is 0 Å². The minimum Gasteiger partial charge on any atom is -0.398 e. The second kappa shape index (κ2) is 5.83. The van der Waals surface area contributed by atoms with Crippen molar-refractivity contribution in [3.05, 3.63) is 46.4 Å². The molecule has 0 amide bonds. The Kier molecular flexibility index (Phi) is 4.51. The Morgan fingerprint density at radius 2 is 1.55 bits per heavy atom. The van der Waals surface area contributed by atoms with E-state index in [1.165, 1.54) is 17.8 Å². The maximum absolute atomic E-state index is 11.3. The van der Waals surface area contributed by atoms with Gasteiger partial charge in [0, 0.05) is 9.79 Å². The average molecular weight is 349 g/mol. The van der Waals surface area contributed by atoms with E-state index >= 15 is 0 Å². The van der Waals surface area contributed by atoms with Gasteiger partial charge in [-0.3, -0.25) is 0 Å². The molecule has 0 radical (unpaired) electrons. The molecule has 20 heavy (non-hydrogen) atoms. The lowest BCUT2D eigenvalue weighted by Crippen LogP contribution is -2.14. The molecule has 4 N–H and O–H groups in total. The molecule has 0 heterocycles. The van der Waals surface area contributed by atoms with Crippen molar-refractivity contribution >= 4 is 50.7 Å². The van der Waals surface area contributed by atoms with Crippen LogP contribution in [0.2, 0.25) is 10.0 Å². The maximum atomic E-state index is 11.3. The topological polar surface area (TPSA) is 86.2 Å². The third kappa shape index (κ3) is 3.59. The minimum absolute atomic E-state index is 0.0870. The van der Waals surface area contributed by atoms with Gasteiger partial charge in [-0.05, 0) is 36.4 Å². The van der Waals surface area contributed by atoms with Gasteiger partial charge in [0.1, 0.15) is 4.90 Å². The lowest BCUT2D eigenvalue weighted by atomic mass is 10.3. The maximum Gasteiger partial charge on any atom is 0.240 e. The van der Waals surface area contributed by atoms with E-state index in [1.54, 1.807) is 24.3 Å². The molecule has 2 rings (SSSR count). The van der Waals surface area contributed by atoms with Gasteiger partial charge in [0.05, 0.1) is 15.7 Å². The molecule has 2 aromatic carbocycles. The van der Waals surface area contributed by atoms with Crippen LogP contribution in [0.25, 0.3) is 0 Å². The van der Waals surface area contributed by atoms with Crippen molar-refractivity contribution in [1.29, 1.82) is 0 Å². The number of nitrogen functional groups attached to an aromatic ring is 1. The van der Waals surface area contributed by atoms with Crippen molar-refractivity contribution in [2.45, 2.75) is 14.7 Å². The number of anilines is 1. The first-order valence-electron chi connectivity index (χ1n) is 5.32. The molecule has 8 heteroatoms. The highest BCUT2D eigenvalue weighted by molar-refractivity contribution is 7.99. The van der Waals surface area contributed by atoms with Gasteiger partial charge in [-0.1, -0.05) is 35.0 Å². The summed E-state index contributed by atoms with van der Waals surface area (Å²) in [4.78, 5) is 1.55. The standard InChI is InChI=1S/C12H10Cl2N2O2S2/c13-9-3-1-7(5-10(9)14)19-8-2-4-12(11(15)6-8)20(16,17)18/h1-6H,15H2,(H2,16,17,18). The Balaban J connectivity index is 2.31. The summed E-state index contributed by atoms with van der Waals surface area (Å²) in [7, 11) is -3.81. The van der Waals surface area contributed by atoms with E-state index in [-0.39, 0.29) is 10.6 Å². The second-order valence-corrected chi connectivity index (χ2v) is 7.41. The second-order valence-electron chi connectivity index (χ2n) is 3.92. The lowest BCUT2D eigenvalue weighted by molar-refractivity contribution is 0.598. The number of benzene rings is 2. The Morgan fingerprint density at radius 1 is 0.950 bits per heavy atom. The summed E-state index contributed by atoms with van der Waals surface area (Å²) >= 11 is 13.2. The molecule has 0 saturated heterocycles. The predicted molar refractivity (Wildman–Crippen MR) is 82.8 cm³/mol. The zero-order chi connectivity index (χ0) is 14.9. The van der Waals surface area contributed by atoms with Gasteiger partial charge in [0.2, 0.25) is 10.0 Å². The summed E-state index contributed by atoms with van der Waals surface area (Å²) in [5, 5.41) is 5.97. The number of rotatable bonds is 3. The van der Waals surface area contributed by atoms with Gasteiger partial charge in [0.15, 0.2) is 0 Å². The van der Waals surface area contributed by atoms with E-state index in [4.69, 9.17) is 34.1 Å². The molecule has 2 aromatic rings. The summed E-state index contributed by atoms with van der Waals surface area (Å²) in [6.07, 6.45) is 0. The molecule has 0 aliphatic heterocycles. The van der Waals surface area contributed by atoms with Crippen LogP contribution in [0, 0.1) is 0 Å². The van der Waals surface area contributed by atoms with Crippen LogP contribution in [0.1, 0.15) is 0 Å². The molecule has 0 unspecified atom stereocenters. The molecule has 0 atom stereocenters. The van der Waals surface area contributed by atoms with Crippen LogP contribution in [0.4, 0.5) is 5.69 Å². The molecule has 0 spiro atoms. The van der Waals surface area contributed by atoms with Crippen LogP contribution >= 0.6 is 35.0 Å². The van der Waals surface area contributed by atoms with Gasteiger partial charge in [-0.2, -0.15) is 0 Å². The van der Waals surface area contributed by atoms with Gasteiger partial charge in [0.25, 0.3) is 0 Å². The molecule has 0 aliphatic rings. The van der Waals surface area contributed by atoms with E-state index in [0.717, 1.165) is 9.79 Å². The van der Waals surface area contributed by atoms with E-state index in [9.17, 15) is 8.42 Å². The Bertz CT molecular complexity index is 764. The highest BCUT2D eigenvalue weighted by atomic mass is 35.5. The van der Waals surface area contributed by atoms with E-state index in [1.807, 2.05) is 6.07 Å². The largest absolute Gasteiger partial charge is 0.398 e.